The zero-order valence-corrected chi connectivity index (χ0v) is 21.2. The molecule has 3 heterocycles. The van der Waals surface area contributed by atoms with Crippen LogP contribution in [0, 0.1) is 6.92 Å². The number of nitrogens with one attached hydrogen (secondary N) is 1. The Kier molecular flexibility index (Phi) is 5.71. The van der Waals surface area contributed by atoms with E-state index in [1.54, 1.807) is 0 Å². The molecule has 0 saturated heterocycles. The summed E-state index contributed by atoms with van der Waals surface area (Å²) in [5.74, 6) is 0. The fourth-order valence-corrected chi connectivity index (χ4v) is 5.65. The molecule has 1 aliphatic heterocycles. The number of nitrogens with zero attached hydrogens (tertiary/aromatic N) is 2. The fraction of sp³-hybridized carbons (Fsp3) is 0.167. The number of hydrogen-bond acceptors (Lipinski definition) is 1. The lowest BCUT2D eigenvalue weighted by molar-refractivity contribution is 0.647. The molecule has 174 valence electrons. The maximum absolute atomic E-state index is 6.11. The first-order valence-electron chi connectivity index (χ1n) is 12.1. The van der Waals surface area contributed by atoms with Crippen molar-refractivity contribution in [2.45, 2.75) is 32.7 Å². The van der Waals surface area contributed by atoms with Gasteiger partial charge in [-0.3, -0.25) is 4.40 Å². The minimum Gasteiger partial charge on any atom is -0.345 e. The van der Waals surface area contributed by atoms with Gasteiger partial charge in [-0.15, -0.1) is 0 Å². The molecule has 1 aliphatic rings. The fourth-order valence-electron chi connectivity index (χ4n) is 5.20. The van der Waals surface area contributed by atoms with Crippen molar-refractivity contribution in [2.24, 2.45) is 0 Å². The van der Waals surface area contributed by atoms with Gasteiger partial charge in [0.15, 0.2) is 0 Å². The van der Waals surface area contributed by atoms with Gasteiger partial charge in [-0.2, -0.15) is 0 Å². The Morgan fingerprint density at radius 2 is 1.63 bits per heavy atom. The van der Waals surface area contributed by atoms with Crippen LogP contribution in [0.1, 0.15) is 29.7 Å². The Balaban J connectivity index is 1.60. The highest BCUT2D eigenvalue weighted by molar-refractivity contribution is 7.81. The van der Waals surface area contributed by atoms with Crippen LogP contribution in [0.4, 0.5) is 5.69 Å². The molecule has 0 fully saturated rings. The average molecular weight is 496 g/mol. The predicted octanol–water partition coefficient (Wildman–Crippen LogP) is 8.16. The topological polar surface area (TPSA) is 21.4 Å². The highest BCUT2D eigenvalue weighted by Gasteiger charge is 2.28. The number of rotatable bonds is 4. The second kappa shape index (κ2) is 9.03. The number of anilines is 1. The van der Waals surface area contributed by atoms with Gasteiger partial charge >= 0.3 is 0 Å². The summed E-state index contributed by atoms with van der Waals surface area (Å²) in [5.41, 5.74) is 10.8. The number of aryl methyl sites for hydroxylation is 3. The normalized spacial score (nSPS) is 13.1. The summed E-state index contributed by atoms with van der Waals surface area (Å²) in [5, 5.41) is 4.19. The van der Waals surface area contributed by atoms with Gasteiger partial charge in [0.2, 0.25) is 0 Å². The SMILES string of the molecule is Cc1ccc(-c2cn3c(C(=S)Nc4ccc(Cl)cc4)c(-c4ccccc4)c4c3n2CCCC4)cc1. The van der Waals surface area contributed by atoms with Gasteiger partial charge in [-0.05, 0) is 61.6 Å². The molecule has 0 saturated carbocycles. The Labute approximate surface area is 216 Å². The monoisotopic (exact) mass is 495 g/mol. The minimum absolute atomic E-state index is 0.709. The van der Waals surface area contributed by atoms with Crippen LogP contribution >= 0.6 is 23.8 Å². The zero-order valence-electron chi connectivity index (χ0n) is 19.6. The van der Waals surface area contributed by atoms with Crippen LogP contribution in [0.25, 0.3) is 28.0 Å². The van der Waals surface area contributed by atoms with Crippen molar-refractivity contribution < 1.29 is 0 Å². The van der Waals surface area contributed by atoms with Gasteiger partial charge in [0.25, 0.3) is 0 Å². The van der Waals surface area contributed by atoms with Crippen molar-refractivity contribution in [2.75, 3.05) is 5.32 Å². The summed E-state index contributed by atoms with van der Waals surface area (Å²) in [6.07, 6.45) is 5.63. The molecule has 0 spiro atoms. The van der Waals surface area contributed by atoms with Crippen LogP contribution in [0.2, 0.25) is 5.02 Å². The van der Waals surface area contributed by atoms with E-state index < -0.39 is 0 Å². The lowest BCUT2D eigenvalue weighted by Gasteiger charge is -2.12. The molecule has 3 aromatic carbocycles. The first kappa shape index (κ1) is 22.1. The van der Waals surface area contributed by atoms with E-state index in [9.17, 15) is 0 Å². The average Bonchev–Trinajstić information content (AvgIpc) is 3.29. The van der Waals surface area contributed by atoms with Gasteiger partial charge in [0, 0.05) is 34.6 Å². The number of hydrogen-bond donors (Lipinski definition) is 1. The number of imidazole rings is 1. The Morgan fingerprint density at radius 3 is 2.37 bits per heavy atom. The van der Waals surface area contributed by atoms with Gasteiger partial charge in [0.05, 0.1) is 11.4 Å². The van der Waals surface area contributed by atoms with Crippen molar-refractivity contribution >= 4 is 40.1 Å². The summed E-state index contributed by atoms with van der Waals surface area (Å²) in [4.78, 5) is 0.709. The molecule has 3 nitrogen and oxygen atoms in total. The van der Waals surface area contributed by atoms with E-state index in [0.29, 0.717) is 10.0 Å². The van der Waals surface area contributed by atoms with Crippen molar-refractivity contribution in [1.82, 2.24) is 8.97 Å². The molecule has 2 aromatic heterocycles. The number of halogens is 1. The molecule has 1 N–H and O–H groups in total. The van der Waals surface area contributed by atoms with E-state index in [1.807, 2.05) is 24.3 Å². The van der Waals surface area contributed by atoms with E-state index in [-0.39, 0.29) is 0 Å². The van der Waals surface area contributed by atoms with Gasteiger partial charge in [0.1, 0.15) is 10.6 Å². The third kappa shape index (κ3) is 3.97. The van der Waals surface area contributed by atoms with Crippen LogP contribution in [-0.2, 0) is 13.0 Å². The van der Waals surface area contributed by atoms with Crippen LogP contribution in [-0.4, -0.2) is 14.0 Å². The molecule has 6 rings (SSSR count). The van der Waals surface area contributed by atoms with Gasteiger partial charge in [-0.1, -0.05) is 84.0 Å². The van der Waals surface area contributed by atoms with Gasteiger partial charge in [-0.25, -0.2) is 0 Å². The standard InChI is InChI=1S/C30H26ClN3S/c1-20-10-12-21(13-11-20)26-19-34-28(29(35)32-24-16-14-23(31)15-17-24)27(22-7-3-2-4-8-22)25-9-5-6-18-33(26)30(25)34/h2-4,7-8,10-17,19H,5-6,9,18H2,1H3,(H,32,35). The second-order valence-corrected chi connectivity index (χ2v) is 10.1. The Hall–Kier alpha value is -3.34. The van der Waals surface area contributed by atoms with Crippen molar-refractivity contribution in [3.8, 4) is 22.4 Å². The van der Waals surface area contributed by atoms with Crippen LogP contribution < -0.4 is 5.32 Å². The maximum atomic E-state index is 6.11. The van der Waals surface area contributed by atoms with Crippen LogP contribution in [0.5, 0.6) is 0 Å². The summed E-state index contributed by atoms with van der Waals surface area (Å²) in [6.45, 7) is 3.13. The van der Waals surface area contributed by atoms with E-state index in [2.05, 4.69) is 82.0 Å². The summed E-state index contributed by atoms with van der Waals surface area (Å²) in [6, 6.07) is 27.2. The molecular formula is C30H26ClN3S. The van der Waals surface area contributed by atoms with E-state index in [0.717, 1.165) is 37.2 Å². The molecule has 0 unspecified atom stereocenters. The molecule has 5 heteroatoms. The third-order valence-electron chi connectivity index (χ3n) is 6.86. The zero-order chi connectivity index (χ0) is 23.9. The van der Waals surface area contributed by atoms with Gasteiger partial charge < -0.3 is 9.88 Å². The van der Waals surface area contributed by atoms with E-state index in [4.69, 9.17) is 23.8 Å². The van der Waals surface area contributed by atoms with E-state index in [1.165, 1.54) is 39.2 Å². The molecule has 0 bridgehead atoms. The number of benzene rings is 3. The summed E-state index contributed by atoms with van der Waals surface area (Å²) in [7, 11) is 0. The smallest absolute Gasteiger partial charge is 0.128 e. The summed E-state index contributed by atoms with van der Waals surface area (Å²) >= 11 is 12.2. The maximum Gasteiger partial charge on any atom is 0.128 e. The molecular weight excluding hydrogens is 470 g/mol. The highest BCUT2D eigenvalue weighted by Crippen LogP contribution is 2.40. The lowest BCUT2D eigenvalue weighted by atomic mass is 9.98. The van der Waals surface area contributed by atoms with E-state index >= 15 is 0 Å². The van der Waals surface area contributed by atoms with Crippen molar-refractivity contribution in [1.29, 1.82) is 0 Å². The quantitative estimate of drug-likeness (QED) is 0.254. The first-order chi connectivity index (χ1) is 17.1. The molecule has 0 radical (unpaired) electrons. The molecule has 0 aliphatic carbocycles. The largest absolute Gasteiger partial charge is 0.345 e. The Bertz CT molecular complexity index is 1530. The Morgan fingerprint density at radius 1 is 0.886 bits per heavy atom. The van der Waals surface area contributed by atoms with Crippen molar-refractivity contribution in [3.63, 3.8) is 0 Å². The van der Waals surface area contributed by atoms with Crippen LogP contribution in [0.15, 0.2) is 85.1 Å². The first-order valence-corrected chi connectivity index (χ1v) is 12.8. The molecule has 0 amide bonds. The minimum atomic E-state index is 0.709. The summed E-state index contributed by atoms with van der Waals surface area (Å²) < 4.78 is 4.82. The predicted molar refractivity (Wildman–Crippen MR) is 151 cm³/mol. The highest BCUT2D eigenvalue weighted by atomic mass is 35.5. The number of aromatic nitrogens is 2. The number of thiocarbonyl (C=S) groups is 1. The molecule has 5 aromatic rings. The molecule has 35 heavy (non-hydrogen) atoms. The molecule has 0 atom stereocenters. The van der Waals surface area contributed by atoms with Crippen LogP contribution in [0.3, 0.4) is 0 Å². The lowest BCUT2D eigenvalue weighted by Crippen LogP contribution is -2.14. The second-order valence-electron chi connectivity index (χ2n) is 9.21. The van der Waals surface area contributed by atoms with Crippen molar-refractivity contribution in [3.05, 3.63) is 107 Å². The third-order valence-corrected chi connectivity index (χ3v) is 7.41.